The molecule has 0 radical (unpaired) electrons. The molecule has 182 valence electrons. The Bertz CT molecular complexity index is 1320. The van der Waals surface area contributed by atoms with Gasteiger partial charge in [-0.05, 0) is 49.5 Å². The van der Waals surface area contributed by atoms with Crippen LogP contribution in [0.25, 0.3) is 17.0 Å². The molecule has 3 aromatic rings. The fourth-order valence-corrected chi connectivity index (χ4v) is 4.49. The standard InChI is InChI=1S/C26H29N5O4/c1-27-26(33)28-16-4-7-23-20(12-16)25(32)24(35-23)14-19-18-13-17(34-3)5-6-21(18)29-22(19)15-31-10-8-30(2)9-11-31/h4-7,12-14,29H,8-11,15H2,1-3H3,(H2,27,28,33). The summed E-state index contributed by atoms with van der Waals surface area (Å²) in [5.41, 5.74) is 3.86. The predicted molar refractivity (Wildman–Crippen MR) is 135 cm³/mol. The van der Waals surface area contributed by atoms with E-state index >= 15 is 0 Å². The molecule has 2 aliphatic rings. The molecule has 0 atom stereocenters. The molecule has 1 fully saturated rings. The van der Waals surface area contributed by atoms with E-state index in [4.69, 9.17) is 9.47 Å². The Labute approximate surface area is 203 Å². The van der Waals surface area contributed by atoms with Crippen molar-refractivity contribution in [2.24, 2.45) is 0 Å². The van der Waals surface area contributed by atoms with Crippen LogP contribution >= 0.6 is 0 Å². The number of carbonyl (C=O) groups is 2. The summed E-state index contributed by atoms with van der Waals surface area (Å²) in [6.07, 6.45) is 1.82. The molecule has 0 saturated carbocycles. The van der Waals surface area contributed by atoms with E-state index in [2.05, 4.69) is 32.5 Å². The van der Waals surface area contributed by atoms with Crippen molar-refractivity contribution in [3.05, 3.63) is 59.0 Å². The number of rotatable bonds is 5. The first kappa shape index (κ1) is 22.9. The fourth-order valence-electron chi connectivity index (χ4n) is 4.49. The average Bonchev–Trinajstić information content (AvgIpc) is 3.36. The number of H-pyrrole nitrogens is 1. The smallest absolute Gasteiger partial charge is 0.318 e. The number of amides is 2. The molecule has 3 N–H and O–H groups in total. The number of likely N-dealkylation sites (N-methyl/N-ethyl adjacent to an activating group) is 1. The number of ketones is 1. The lowest BCUT2D eigenvalue weighted by Crippen LogP contribution is -2.44. The Kier molecular flexibility index (Phi) is 6.19. The van der Waals surface area contributed by atoms with Gasteiger partial charge in [0.25, 0.3) is 0 Å². The third-order valence-electron chi connectivity index (χ3n) is 6.53. The number of hydrogen-bond acceptors (Lipinski definition) is 6. The lowest BCUT2D eigenvalue weighted by Gasteiger charge is -2.32. The van der Waals surface area contributed by atoms with Crippen molar-refractivity contribution < 1.29 is 19.1 Å². The average molecular weight is 476 g/mol. The zero-order chi connectivity index (χ0) is 24.5. The van der Waals surface area contributed by atoms with Crippen LogP contribution in [0.5, 0.6) is 11.5 Å². The van der Waals surface area contributed by atoms with Gasteiger partial charge < -0.3 is 30.0 Å². The quantitative estimate of drug-likeness (QED) is 0.490. The van der Waals surface area contributed by atoms with Gasteiger partial charge in [0.15, 0.2) is 5.76 Å². The normalized spacial score (nSPS) is 17.5. The van der Waals surface area contributed by atoms with E-state index in [1.165, 1.54) is 7.05 Å². The molecule has 9 nitrogen and oxygen atoms in total. The zero-order valence-electron chi connectivity index (χ0n) is 20.1. The first-order valence-corrected chi connectivity index (χ1v) is 11.6. The van der Waals surface area contributed by atoms with E-state index in [9.17, 15) is 9.59 Å². The minimum atomic E-state index is -0.353. The van der Waals surface area contributed by atoms with Crippen molar-refractivity contribution in [3.63, 3.8) is 0 Å². The van der Waals surface area contributed by atoms with Crippen LogP contribution in [0, 0.1) is 0 Å². The molecule has 0 unspecified atom stereocenters. The van der Waals surface area contributed by atoms with Crippen molar-refractivity contribution in [2.75, 3.05) is 52.7 Å². The summed E-state index contributed by atoms with van der Waals surface area (Å²) in [6.45, 7) is 4.74. The Hall–Kier alpha value is -3.82. The maximum atomic E-state index is 13.3. The van der Waals surface area contributed by atoms with Crippen molar-refractivity contribution in [2.45, 2.75) is 6.54 Å². The van der Waals surface area contributed by atoms with Gasteiger partial charge in [-0.1, -0.05) is 0 Å². The van der Waals surface area contributed by atoms with Crippen LogP contribution in [0.1, 0.15) is 21.6 Å². The molecule has 35 heavy (non-hydrogen) atoms. The summed E-state index contributed by atoms with van der Waals surface area (Å²) in [5.74, 6) is 1.25. The molecule has 3 heterocycles. The highest BCUT2D eigenvalue weighted by molar-refractivity contribution is 6.16. The monoisotopic (exact) mass is 475 g/mol. The summed E-state index contributed by atoms with van der Waals surface area (Å²) < 4.78 is 11.4. The zero-order valence-corrected chi connectivity index (χ0v) is 20.1. The van der Waals surface area contributed by atoms with E-state index in [1.807, 2.05) is 24.3 Å². The Morgan fingerprint density at radius 1 is 1.17 bits per heavy atom. The number of aromatic nitrogens is 1. The van der Waals surface area contributed by atoms with E-state index < -0.39 is 0 Å². The van der Waals surface area contributed by atoms with Gasteiger partial charge in [-0.3, -0.25) is 9.69 Å². The van der Waals surface area contributed by atoms with Gasteiger partial charge in [-0.15, -0.1) is 0 Å². The maximum Gasteiger partial charge on any atom is 0.318 e. The Balaban J connectivity index is 1.50. The number of fused-ring (bicyclic) bond motifs is 2. The van der Waals surface area contributed by atoms with E-state index in [0.717, 1.165) is 60.6 Å². The highest BCUT2D eigenvalue weighted by atomic mass is 16.5. The number of nitrogens with zero attached hydrogens (tertiary/aromatic N) is 2. The second kappa shape index (κ2) is 9.44. The number of carbonyl (C=O) groups excluding carboxylic acids is 2. The molecule has 0 bridgehead atoms. The van der Waals surface area contributed by atoms with Crippen LogP contribution in [0.3, 0.4) is 0 Å². The number of Topliss-reactive ketones (excluding diaryl/α,β-unsaturated/α-hetero) is 1. The molecule has 0 aliphatic carbocycles. The molecular formula is C26H29N5O4. The maximum absolute atomic E-state index is 13.3. The summed E-state index contributed by atoms with van der Waals surface area (Å²) in [6, 6.07) is 10.6. The lowest BCUT2D eigenvalue weighted by molar-refractivity contribution is 0.101. The summed E-state index contributed by atoms with van der Waals surface area (Å²) in [7, 11) is 5.31. The third kappa shape index (κ3) is 4.60. The number of aromatic amines is 1. The number of ether oxygens (including phenoxy) is 2. The van der Waals surface area contributed by atoms with Gasteiger partial charge in [0.1, 0.15) is 11.5 Å². The minimum absolute atomic E-state index is 0.219. The number of allylic oxidation sites excluding steroid dienone is 1. The molecule has 9 heteroatoms. The van der Waals surface area contributed by atoms with Gasteiger partial charge in [-0.25, -0.2) is 4.79 Å². The largest absolute Gasteiger partial charge is 0.497 e. The summed E-state index contributed by atoms with van der Waals surface area (Å²) >= 11 is 0. The summed E-state index contributed by atoms with van der Waals surface area (Å²) in [4.78, 5) is 33.2. The van der Waals surface area contributed by atoms with Gasteiger partial charge in [0, 0.05) is 67.6 Å². The van der Waals surface area contributed by atoms with Crippen molar-refractivity contribution in [1.82, 2.24) is 20.1 Å². The lowest BCUT2D eigenvalue weighted by atomic mass is 10.1. The van der Waals surface area contributed by atoms with Gasteiger partial charge >= 0.3 is 6.03 Å². The number of urea groups is 1. The van der Waals surface area contributed by atoms with Crippen LogP contribution in [-0.4, -0.2) is 74.0 Å². The SMILES string of the molecule is CNC(=O)Nc1ccc2c(c1)C(=O)C(=Cc1c(CN3CCN(C)CC3)[nH]c3ccc(OC)cc13)O2. The number of hydrogen-bond donors (Lipinski definition) is 3. The topological polar surface area (TPSA) is 98.9 Å². The molecule has 2 aliphatic heterocycles. The number of nitrogens with one attached hydrogen (secondary N) is 3. The van der Waals surface area contributed by atoms with Gasteiger partial charge in [0.05, 0.1) is 12.7 Å². The second-order valence-corrected chi connectivity index (χ2v) is 8.86. The van der Waals surface area contributed by atoms with Gasteiger partial charge in [-0.2, -0.15) is 0 Å². The van der Waals surface area contributed by atoms with E-state index in [0.29, 0.717) is 17.0 Å². The number of benzene rings is 2. The van der Waals surface area contributed by atoms with Crippen molar-refractivity contribution in [1.29, 1.82) is 0 Å². The van der Waals surface area contributed by atoms with Crippen LogP contribution in [0.15, 0.2) is 42.2 Å². The van der Waals surface area contributed by atoms with Crippen LogP contribution in [0.2, 0.25) is 0 Å². The van der Waals surface area contributed by atoms with E-state index in [-0.39, 0.29) is 17.6 Å². The summed E-state index contributed by atoms with van der Waals surface area (Å²) in [5, 5.41) is 6.16. The second-order valence-electron chi connectivity index (χ2n) is 8.86. The fraction of sp³-hybridized carbons (Fsp3) is 0.308. The van der Waals surface area contributed by atoms with Crippen molar-refractivity contribution >= 4 is 34.5 Å². The molecule has 1 saturated heterocycles. The predicted octanol–water partition coefficient (Wildman–Crippen LogP) is 3.29. The molecule has 2 aromatic carbocycles. The molecule has 2 amide bonds. The van der Waals surface area contributed by atoms with Gasteiger partial charge in [0.2, 0.25) is 5.78 Å². The number of piperazine rings is 1. The van der Waals surface area contributed by atoms with Crippen LogP contribution < -0.4 is 20.1 Å². The first-order valence-electron chi connectivity index (χ1n) is 11.6. The highest BCUT2D eigenvalue weighted by Gasteiger charge is 2.29. The van der Waals surface area contributed by atoms with Crippen molar-refractivity contribution in [3.8, 4) is 11.5 Å². The Morgan fingerprint density at radius 3 is 2.71 bits per heavy atom. The highest BCUT2D eigenvalue weighted by Crippen LogP contribution is 2.36. The van der Waals surface area contributed by atoms with Crippen LogP contribution in [0.4, 0.5) is 10.5 Å². The third-order valence-corrected chi connectivity index (χ3v) is 6.53. The Morgan fingerprint density at radius 2 is 1.97 bits per heavy atom. The molecule has 1 aromatic heterocycles. The number of anilines is 1. The number of methoxy groups -OCH3 is 1. The molecular weight excluding hydrogens is 446 g/mol. The van der Waals surface area contributed by atoms with Crippen LogP contribution in [-0.2, 0) is 6.54 Å². The van der Waals surface area contributed by atoms with E-state index in [1.54, 1.807) is 25.3 Å². The molecule has 5 rings (SSSR count). The molecule has 0 spiro atoms. The first-order chi connectivity index (χ1) is 16.9. The minimum Gasteiger partial charge on any atom is -0.497 e.